The van der Waals surface area contributed by atoms with Crippen molar-refractivity contribution in [1.29, 1.82) is 0 Å². The van der Waals surface area contributed by atoms with Crippen molar-refractivity contribution in [3.05, 3.63) is 22.7 Å². The summed E-state index contributed by atoms with van der Waals surface area (Å²) < 4.78 is 15.2. The van der Waals surface area contributed by atoms with Crippen molar-refractivity contribution >= 4 is 17.6 Å². The first-order valence-corrected chi connectivity index (χ1v) is 4.92. The Kier molecular flexibility index (Phi) is 3.17. The maximum absolute atomic E-state index is 10.2. The number of fused-ring (bicyclic) bond motifs is 1. The highest BCUT2D eigenvalue weighted by Crippen LogP contribution is 2.39. The third-order valence-corrected chi connectivity index (χ3v) is 2.26. The van der Waals surface area contributed by atoms with Crippen molar-refractivity contribution in [2.45, 2.75) is 6.61 Å². The highest BCUT2D eigenvalue weighted by atomic mass is 35.5. The van der Waals surface area contributed by atoms with Crippen LogP contribution in [0.3, 0.4) is 0 Å². The Morgan fingerprint density at radius 3 is 3.06 bits per heavy atom. The van der Waals surface area contributed by atoms with Gasteiger partial charge in [-0.15, -0.1) is 0 Å². The van der Waals surface area contributed by atoms with E-state index in [1.807, 2.05) is 0 Å². The SMILES string of the molecule is O=C(O)COCc1cc(Cl)c2c(c1)OCO2. The van der Waals surface area contributed by atoms with Crippen LogP contribution in [-0.4, -0.2) is 24.5 Å². The van der Waals surface area contributed by atoms with E-state index >= 15 is 0 Å². The van der Waals surface area contributed by atoms with E-state index in [-0.39, 0.29) is 20.0 Å². The van der Waals surface area contributed by atoms with E-state index in [0.29, 0.717) is 16.5 Å². The predicted molar refractivity (Wildman–Crippen MR) is 54.9 cm³/mol. The van der Waals surface area contributed by atoms with Crippen LogP contribution in [0.25, 0.3) is 0 Å². The van der Waals surface area contributed by atoms with Gasteiger partial charge in [0.05, 0.1) is 11.6 Å². The molecular formula is C10H9ClO5. The first kappa shape index (κ1) is 11.0. The molecule has 1 aliphatic rings. The summed E-state index contributed by atoms with van der Waals surface area (Å²) in [6, 6.07) is 3.38. The Morgan fingerprint density at radius 1 is 1.50 bits per heavy atom. The standard InChI is InChI=1S/C10H9ClO5/c11-7-1-6(3-14-4-9(12)13)2-8-10(7)16-5-15-8/h1-2H,3-5H2,(H,12,13). The fraction of sp³-hybridized carbons (Fsp3) is 0.300. The molecule has 1 aliphatic heterocycles. The van der Waals surface area contributed by atoms with Crippen LogP contribution in [0.5, 0.6) is 11.5 Å². The van der Waals surface area contributed by atoms with E-state index in [1.54, 1.807) is 12.1 Å². The number of carbonyl (C=O) groups is 1. The minimum atomic E-state index is -1.01. The van der Waals surface area contributed by atoms with E-state index in [4.69, 9.17) is 30.9 Å². The van der Waals surface area contributed by atoms with Gasteiger partial charge in [-0.1, -0.05) is 11.6 Å². The zero-order valence-corrected chi connectivity index (χ0v) is 8.99. The molecule has 0 amide bonds. The lowest BCUT2D eigenvalue weighted by Crippen LogP contribution is -2.06. The summed E-state index contributed by atoms with van der Waals surface area (Å²) in [5.74, 6) is 0.0666. The summed E-state index contributed by atoms with van der Waals surface area (Å²) in [4.78, 5) is 10.2. The predicted octanol–water partition coefficient (Wildman–Crippen LogP) is 1.67. The molecule has 6 heteroatoms. The van der Waals surface area contributed by atoms with Crippen molar-refractivity contribution in [2.75, 3.05) is 13.4 Å². The van der Waals surface area contributed by atoms with Gasteiger partial charge >= 0.3 is 5.97 Å². The molecule has 0 atom stereocenters. The van der Waals surface area contributed by atoms with Crippen molar-refractivity contribution in [2.24, 2.45) is 0 Å². The first-order valence-electron chi connectivity index (χ1n) is 4.54. The smallest absolute Gasteiger partial charge is 0.329 e. The lowest BCUT2D eigenvalue weighted by atomic mass is 10.2. The maximum Gasteiger partial charge on any atom is 0.329 e. The van der Waals surface area contributed by atoms with Crippen LogP contribution in [0.4, 0.5) is 0 Å². The number of rotatable bonds is 4. The van der Waals surface area contributed by atoms with Crippen molar-refractivity contribution in [3.63, 3.8) is 0 Å². The number of hydrogen-bond acceptors (Lipinski definition) is 4. The molecule has 0 saturated carbocycles. The number of ether oxygens (including phenoxy) is 3. The first-order chi connectivity index (χ1) is 7.66. The minimum Gasteiger partial charge on any atom is -0.480 e. The number of halogens is 1. The van der Waals surface area contributed by atoms with Crippen LogP contribution in [0, 0.1) is 0 Å². The topological polar surface area (TPSA) is 65.0 Å². The van der Waals surface area contributed by atoms with E-state index in [9.17, 15) is 4.79 Å². The molecule has 86 valence electrons. The van der Waals surface area contributed by atoms with Gasteiger partial charge in [-0.25, -0.2) is 4.79 Å². The molecule has 0 aliphatic carbocycles. The van der Waals surface area contributed by atoms with Crippen LogP contribution in [-0.2, 0) is 16.1 Å². The minimum absolute atomic E-state index is 0.147. The Balaban J connectivity index is 2.05. The monoisotopic (exact) mass is 244 g/mol. The largest absolute Gasteiger partial charge is 0.480 e. The molecular weight excluding hydrogens is 236 g/mol. The summed E-state index contributed by atoms with van der Waals surface area (Å²) in [7, 11) is 0. The van der Waals surface area contributed by atoms with Gasteiger partial charge < -0.3 is 19.3 Å². The van der Waals surface area contributed by atoms with Crippen LogP contribution in [0.1, 0.15) is 5.56 Å². The molecule has 0 spiro atoms. The summed E-state index contributed by atoms with van der Waals surface area (Å²) in [5.41, 5.74) is 0.746. The van der Waals surface area contributed by atoms with Crippen molar-refractivity contribution < 1.29 is 24.1 Å². The van der Waals surface area contributed by atoms with Gasteiger partial charge in [0, 0.05) is 0 Å². The molecule has 1 aromatic rings. The van der Waals surface area contributed by atoms with Gasteiger partial charge in [-0.2, -0.15) is 0 Å². The van der Waals surface area contributed by atoms with Crippen LogP contribution in [0.2, 0.25) is 5.02 Å². The highest BCUT2D eigenvalue weighted by Gasteiger charge is 2.18. The second-order valence-corrected chi connectivity index (χ2v) is 3.61. The Hall–Kier alpha value is -1.46. The molecule has 0 saturated heterocycles. The summed E-state index contributed by atoms with van der Waals surface area (Å²) >= 11 is 5.94. The van der Waals surface area contributed by atoms with E-state index in [2.05, 4.69) is 0 Å². The normalized spacial score (nSPS) is 12.8. The van der Waals surface area contributed by atoms with Crippen molar-refractivity contribution in [1.82, 2.24) is 0 Å². The zero-order chi connectivity index (χ0) is 11.5. The third-order valence-electron chi connectivity index (χ3n) is 1.98. The number of carboxylic acid groups (broad SMARTS) is 1. The number of benzene rings is 1. The van der Waals surface area contributed by atoms with Crippen LogP contribution in [0.15, 0.2) is 12.1 Å². The van der Waals surface area contributed by atoms with Gasteiger partial charge in [-0.3, -0.25) is 0 Å². The van der Waals surface area contributed by atoms with Gasteiger partial charge in [-0.05, 0) is 17.7 Å². The number of aliphatic carboxylic acids is 1. The molecule has 0 bridgehead atoms. The molecule has 1 heterocycles. The van der Waals surface area contributed by atoms with Crippen LogP contribution >= 0.6 is 11.6 Å². The van der Waals surface area contributed by atoms with Gasteiger partial charge in [0.25, 0.3) is 0 Å². The molecule has 2 rings (SSSR count). The molecule has 1 N–H and O–H groups in total. The lowest BCUT2D eigenvalue weighted by molar-refractivity contribution is -0.142. The summed E-state index contributed by atoms with van der Waals surface area (Å²) in [5, 5.41) is 8.84. The molecule has 0 aromatic heterocycles. The molecule has 5 nitrogen and oxygen atoms in total. The lowest BCUT2D eigenvalue weighted by Gasteiger charge is -2.04. The Bertz CT molecular complexity index is 418. The average Bonchev–Trinajstić information content (AvgIpc) is 2.65. The third kappa shape index (κ3) is 2.37. The van der Waals surface area contributed by atoms with E-state index in [1.165, 1.54) is 0 Å². The Morgan fingerprint density at radius 2 is 2.31 bits per heavy atom. The second-order valence-electron chi connectivity index (χ2n) is 3.20. The van der Waals surface area contributed by atoms with Gasteiger partial charge in [0.1, 0.15) is 6.61 Å². The Labute approximate surface area is 96.5 Å². The second kappa shape index (κ2) is 4.59. The molecule has 16 heavy (non-hydrogen) atoms. The van der Waals surface area contributed by atoms with Crippen molar-refractivity contribution in [3.8, 4) is 11.5 Å². The quantitative estimate of drug-likeness (QED) is 0.873. The van der Waals surface area contributed by atoms with Gasteiger partial charge in [0.15, 0.2) is 11.5 Å². The van der Waals surface area contributed by atoms with E-state index in [0.717, 1.165) is 5.56 Å². The summed E-state index contributed by atoms with van der Waals surface area (Å²) in [6.45, 7) is -0.0246. The zero-order valence-electron chi connectivity index (χ0n) is 8.23. The number of hydrogen-bond donors (Lipinski definition) is 1. The fourth-order valence-electron chi connectivity index (χ4n) is 1.36. The molecule has 0 unspecified atom stereocenters. The van der Waals surface area contributed by atoms with E-state index < -0.39 is 5.97 Å². The molecule has 0 fully saturated rings. The molecule has 1 aromatic carbocycles. The molecule has 0 radical (unpaired) electrons. The fourth-order valence-corrected chi connectivity index (χ4v) is 1.65. The van der Waals surface area contributed by atoms with Crippen LogP contribution < -0.4 is 9.47 Å². The maximum atomic E-state index is 10.2. The summed E-state index contributed by atoms with van der Waals surface area (Å²) in [6.07, 6.45) is 0. The van der Waals surface area contributed by atoms with Gasteiger partial charge in [0.2, 0.25) is 6.79 Å². The number of carboxylic acids is 1. The highest BCUT2D eigenvalue weighted by molar-refractivity contribution is 6.32. The average molecular weight is 245 g/mol.